The lowest BCUT2D eigenvalue weighted by atomic mass is 10.1. The minimum atomic E-state index is -0.329. The summed E-state index contributed by atoms with van der Waals surface area (Å²) in [6, 6.07) is 12.3. The van der Waals surface area contributed by atoms with Gasteiger partial charge in [0.25, 0.3) is 0 Å². The number of benzene rings is 1. The van der Waals surface area contributed by atoms with Crippen LogP contribution in [0.2, 0.25) is 0 Å². The highest BCUT2D eigenvalue weighted by Crippen LogP contribution is 2.47. The Morgan fingerprint density at radius 1 is 1.47 bits per heavy atom. The van der Waals surface area contributed by atoms with Gasteiger partial charge in [0.2, 0.25) is 0 Å². The molecular formula is C13H13NO. The first-order valence-corrected chi connectivity index (χ1v) is 5.00. The van der Waals surface area contributed by atoms with E-state index in [-0.39, 0.29) is 11.5 Å². The molecule has 0 amide bonds. The number of hydrogen-bond acceptors (Lipinski definition) is 2. The van der Waals surface area contributed by atoms with Gasteiger partial charge in [-0.2, -0.15) is 5.26 Å². The quantitative estimate of drug-likeness (QED) is 0.749. The molecule has 2 rings (SSSR count). The molecule has 0 spiro atoms. The van der Waals surface area contributed by atoms with E-state index >= 15 is 0 Å². The van der Waals surface area contributed by atoms with Crippen molar-refractivity contribution in [3.05, 3.63) is 42.0 Å². The Labute approximate surface area is 89.8 Å². The molecule has 76 valence electrons. The van der Waals surface area contributed by atoms with Gasteiger partial charge in [-0.1, -0.05) is 42.5 Å². The van der Waals surface area contributed by atoms with E-state index in [1.54, 1.807) is 7.11 Å². The minimum Gasteiger partial charge on any atom is -0.373 e. The van der Waals surface area contributed by atoms with Gasteiger partial charge in [0.15, 0.2) is 0 Å². The fourth-order valence-corrected chi connectivity index (χ4v) is 1.69. The van der Waals surface area contributed by atoms with Crippen LogP contribution in [0.5, 0.6) is 0 Å². The molecule has 0 unspecified atom stereocenters. The van der Waals surface area contributed by atoms with E-state index in [1.807, 2.05) is 42.5 Å². The third kappa shape index (κ3) is 1.93. The minimum absolute atomic E-state index is 0.0162. The molecule has 1 aromatic carbocycles. The molecule has 1 aliphatic carbocycles. The van der Waals surface area contributed by atoms with Crippen LogP contribution < -0.4 is 0 Å². The highest BCUT2D eigenvalue weighted by molar-refractivity contribution is 5.52. The molecule has 2 nitrogen and oxygen atoms in total. The van der Waals surface area contributed by atoms with E-state index in [2.05, 4.69) is 6.07 Å². The first kappa shape index (κ1) is 9.95. The van der Waals surface area contributed by atoms with Crippen molar-refractivity contribution < 1.29 is 4.74 Å². The van der Waals surface area contributed by atoms with E-state index in [9.17, 15) is 0 Å². The van der Waals surface area contributed by atoms with Gasteiger partial charge < -0.3 is 4.74 Å². The molecule has 1 fully saturated rings. The van der Waals surface area contributed by atoms with Crippen molar-refractivity contribution in [3.8, 4) is 6.07 Å². The Morgan fingerprint density at radius 2 is 2.20 bits per heavy atom. The maximum absolute atomic E-state index is 8.81. The van der Waals surface area contributed by atoms with E-state index in [4.69, 9.17) is 10.00 Å². The summed E-state index contributed by atoms with van der Waals surface area (Å²) >= 11 is 0. The number of nitriles is 1. The van der Waals surface area contributed by atoms with Crippen molar-refractivity contribution in [1.29, 1.82) is 5.26 Å². The average Bonchev–Trinajstić information content (AvgIpc) is 3.02. The molecule has 0 saturated heterocycles. The lowest BCUT2D eigenvalue weighted by Crippen LogP contribution is -2.10. The highest BCUT2D eigenvalue weighted by atomic mass is 16.5. The molecule has 0 heterocycles. The molecule has 1 saturated carbocycles. The molecule has 0 N–H and O–H groups in total. The van der Waals surface area contributed by atoms with E-state index in [0.29, 0.717) is 0 Å². The molecule has 1 aliphatic rings. The molecule has 15 heavy (non-hydrogen) atoms. The van der Waals surface area contributed by atoms with Crippen LogP contribution >= 0.6 is 0 Å². The normalized spacial score (nSPS) is 28.9. The van der Waals surface area contributed by atoms with Gasteiger partial charge >= 0.3 is 0 Å². The maximum Gasteiger partial charge on any atom is 0.103 e. The van der Waals surface area contributed by atoms with Crippen LogP contribution in [0.15, 0.2) is 36.4 Å². The first-order valence-electron chi connectivity index (χ1n) is 5.00. The third-order valence-corrected chi connectivity index (χ3v) is 2.85. The summed E-state index contributed by atoms with van der Waals surface area (Å²) in [4.78, 5) is 0. The van der Waals surface area contributed by atoms with E-state index < -0.39 is 0 Å². The van der Waals surface area contributed by atoms with Crippen molar-refractivity contribution in [1.82, 2.24) is 0 Å². The highest BCUT2D eigenvalue weighted by Gasteiger charge is 2.53. The topological polar surface area (TPSA) is 33.0 Å². The van der Waals surface area contributed by atoms with Gasteiger partial charge in [0, 0.05) is 13.5 Å². The average molecular weight is 199 g/mol. The summed E-state index contributed by atoms with van der Waals surface area (Å²) in [5, 5.41) is 8.81. The Bertz CT molecular complexity index is 404. The van der Waals surface area contributed by atoms with Crippen molar-refractivity contribution >= 4 is 6.08 Å². The van der Waals surface area contributed by atoms with Gasteiger partial charge in [-0.15, -0.1) is 0 Å². The van der Waals surface area contributed by atoms with Gasteiger partial charge in [0.05, 0.1) is 12.0 Å². The van der Waals surface area contributed by atoms with Crippen molar-refractivity contribution in [2.45, 2.75) is 12.0 Å². The van der Waals surface area contributed by atoms with Crippen molar-refractivity contribution in [2.24, 2.45) is 5.92 Å². The molecule has 0 aromatic heterocycles. The largest absolute Gasteiger partial charge is 0.373 e. The summed E-state index contributed by atoms with van der Waals surface area (Å²) in [7, 11) is 1.66. The van der Waals surface area contributed by atoms with Crippen LogP contribution in [0.3, 0.4) is 0 Å². The van der Waals surface area contributed by atoms with Gasteiger partial charge in [-0.3, -0.25) is 0 Å². The number of hydrogen-bond donors (Lipinski definition) is 0. The van der Waals surface area contributed by atoms with Gasteiger partial charge in [0.1, 0.15) is 5.60 Å². The Kier molecular flexibility index (Phi) is 2.57. The lowest BCUT2D eigenvalue weighted by Gasteiger charge is -2.06. The second kappa shape index (κ2) is 3.88. The summed E-state index contributed by atoms with van der Waals surface area (Å²) in [6.07, 6.45) is 4.82. The van der Waals surface area contributed by atoms with Crippen molar-refractivity contribution in [2.75, 3.05) is 7.11 Å². The lowest BCUT2D eigenvalue weighted by molar-refractivity contribution is 0.114. The molecule has 0 aliphatic heterocycles. The second-order valence-corrected chi connectivity index (χ2v) is 3.79. The van der Waals surface area contributed by atoms with Gasteiger partial charge in [-0.05, 0) is 5.56 Å². The predicted molar refractivity (Wildman–Crippen MR) is 58.9 cm³/mol. The summed E-state index contributed by atoms with van der Waals surface area (Å²) in [5.74, 6) is 0.0162. The molecule has 1 aromatic rings. The van der Waals surface area contributed by atoms with Crippen LogP contribution in [0.25, 0.3) is 6.08 Å². The second-order valence-electron chi connectivity index (χ2n) is 3.79. The third-order valence-electron chi connectivity index (χ3n) is 2.85. The number of methoxy groups -OCH3 is 1. The Morgan fingerprint density at radius 3 is 2.73 bits per heavy atom. The van der Waals surface area contributed by atoms with Crippen LogP contribution in [-0.2, 0) is 4.74 Å². The standard InChI is InChI=1S/C13H13NO/c1-15-13(9-12(13)10-14)8-7-11-5-3-2-4-6-11/h2-8,12H,9H2,1H3/b8-7+/t12-,13+/m0/s1. The van der Waals surface area contributed by atoms with E-state index in [1.165, 1.54) is 0 Å². The molecule has 2 heteroatoms. The maximum atomic E-state index is 8.81. The molecule has 2 atom stereocenters. The summed E-state index contributed by atoms with van der Waals surface area (Å²) in [5.41, 5.74) is 0.808. The monoisotopic (exact) mass is 199 g/mol. The van der Waals surface area contributed by atoms with E-state index in [0.717, 1.165) is 12.0 Å². The Hall–Kier alpha value is -1.59. The zero-order chi connectivity index (χ0) is 10.7. The number of ether oxygens (including phenoxy) is 1. The fourth-order valence-electron chi connectivity index (χ4n) is 1.69. The zero-order valence-corrected chi connectivity index (χ0v) is 8.68. The van der Waals surface area contributed by atoms with Gasteiger partial charge in [-0.25, -0.2) is 0 Å². The van der Waals surface area contributed by atoms with Crippen LogP contribution in [0.1, 0.15) is 12.0 Å². The van der Waals surface area contributed by atoms with Crippen LogP contribution in [-0.4, -0.2) is 12.7 Å². The fraction of sp³-hybridized carbons (Fsp3) is 0.308. The van der Waals surface area contributed by atoms with Crippen molar-refractivity contribution in [3.63, 3.8) is 0 Å². The van der Waals surface area contributed by atoms with Crippen LogP contribution in [0, 0.1) is 17.2 Å². The summed E-state index contributed by atoms with van der Waals surface area (Å²) < 4.78 is 5.36. The smallest absolute Gasteiger partial charge is 0.103 e. The zero-order valence-electron chi connectivity index (χ0n) is 8.68. The number of rotatable bonds is 3. The molecular weight excluding hydrogens is 186 g/mol. The predicted octanol–water partition coefficient (Wildman–Crippen LogP) is 2.63. The molecule has 0 bridgehead atoms. The first-order chi connectivity index (χ1) is 7.30. The number of nitrogens with zero attached hydrogens (tertiary/aromatic N) is 1. The molecule has 0 radical (unpaired) electrons. The Balaban J connectivity index is 2.10. The summed E-state index contributed by atoms with van der Waals surface area (Å²) in [6.45, 7) is 0. The SMILES string of the molecule is CO[C@]1(/C=C/c2ccccc2)C[C@H]1C#N. The van der Waals surface area contributed by atoms with Crippen LogP contribution in [0.4, 0.5) is 0 Å².